The van der Waals surface area contributed by atoms with E-state index in [-0.39, 0.29) is 5.91 Å². The minimum absolute atomic E-state index is 0.0526. The zero-order chi connectivity index (χ0) is 19.9. The first kappa shape index (κ1) is 19.1. The zero-order valence-corrected chi connectivity index (χ0v) is 18.2. The van der Waals surface area contributed by atoms with Crippen molar-refractivity contribution in [2.75, 3.05) is 12.0 Å². The van der Waals surface area contributed by atoms with E-state index in [1.54, 1.807) is 33.9 Å². The molecule has 0 saturated heterocycles. The minimum Gasteiger partial charge on any atom is -0.497 e. The van der Waals surface area contributed by atoms with Gasteiger partial charge in [0.15, 0.2) is 0 Å². The van der Waals surface area contributed by atoms with Crippen molar-refractivity contribution in [3.05, 3.63) is 68.9 Å². The van der Waals surface area contributed by atoms with E-state index >= 15 is 0 Å². The van der Waals surface area contributed by atoms with Gasteiger partial charge < -0.3 is 4.74 Å². The van der Waals surface area contributed by atoms with Crippen LogP contribution >= 0.6 is 32.9 Å². The van der Waals surface area contributed by atoms with E-state index in [0.29, 0.717) is 0 Å². The van der Waals surface area contributed by atoms with Crippen molar-refractivity contribution in [1.82, 2.24) is 0 Å². The predicted molar refractivity (Wildman–Crippen MR) is 121 cm³/mol. The summed E-state index contributed by atoms with van der Waals surface area (Å²) in [6.07, 6.45) is 3.47. The summed E-state index contributed by atoms with van der Waals surface area (Å²) in [7, 11) is 4.91. The summed E-state index contributed by atoms with van der Waals surface area (Å²) in [6.45, 7) is 4.16. The SMILES string of the molecule is COc1ccc(/C=C/C(=O)N2c3ccccc3-c3c(ssc3=S)C2(C)C)cc1. The summed E-state index contributed by atoms with van der Waals surface area (Å²) in [5.41, 5.74) is 3.52. The molecule has 0 saturated carbocycles. The highest BCUT2D eigenvalue weighted by Crippen LogP contribution is 2.51. The molecule has 0 atom stereocenters. The Morgan fingerprint density at radius 3 is 2.54 bits per heavy atom. The van der Waals surface area contributed by atoms with Crippen molar-refractivity contribution >= 4 is 50.6 Å². The van der Waals surface area contributed by atoms with E-state index in [1.807, 2.05) is 59.5 Å². The number of fused-ring (bicyclic) bond motifs is 3. The maximum atomic E-state index is 13.3. The fraction of sp³-hybridized carbons (Fsp3) is 0.182. The lowest BCUT2D eigenvalue weighted by molar-refractivity contribution is -0.115. The highest BCUT2D eigenvalue weighted by molar-refractivity contribution is 7.80. The largest absolute Gasteiger partial charge is 0.497 e. The third kappa shape index (κ3) is 3.11. The Kier molecular flexibility index (Phi) is 4.95. The van der Waals surface area contributed by atoms with Gasteiger partial charge in [-0.1, -0.05) is 63.2 Å². The standard InChI is InChI=1S/C22H19NO2S3/c1-22(2)20-19(21(26)28-27-20)16-6-4-5-7-17(16)23(22)18(24)13-10-14-8-11-15(25-3)12-9-14/h4-13H,1-3H3/b13-10+. The molecule has 0 unspecified atom stereocenters. The van der Waals surface area contributed by atoms with Crippen LogP contribution in [0.4, 0.5) is 5.69 Å². The normalized spacial score (nSPS) is 14.6. The van der Waals surface area contributed by atoms with Crippen LogP contribution in [0.15, 0.2) is 54.6 Å². The topological polar surface area (TPSA) is 29.5 Å². The second-order valence-electron chi connectivity index (χ2n) is 7.01. The lowest BCUT2D eigenvalue weighted by Gasteiger charge is -2.42. The maximum absolute atomic E-state index is 13.3. The number of hydrogen-bond acceptors (Lipinski definition) is 5. The highest BCUT2D eigenvalue weighted by atomic mass is 32.9. The molecule has 1 aromatic heterocycles. The average Bonchev–Trinajstić information content (AvgIpc) is 3.09. The van der Waals surface area contributed by atoms with Gasteiger partial charge in [0, 0.05) is 17.2 Å². The summed E-state index contributed by atoms with van der Waals surface area (Å²) in [5.74, 6) is 0.740. The summed E-state index contributed by atoms with van der Waals surface area (Å²) in [5, 5.41) is 0. The number of hydrogen-bond donors (Lipinski definition) is 0. The number of para-hydroxylation sites is 1. The molecule has 28 heavy (non-hydrogen) atoms. The molecule has 2 heterocycles. The van der Waals surface area contributed by atoms with Crippen molar-refractivity contribution in [3.8, 4) is 16.9 Å². The lowest BCUT2D eigenvalue weighted by Crippen LogP contribution is -2.47. The fourth-order valence-corrected chi connectivity index (χ4v) is 6.81. The van der Waals surface area contributed by atoms with E-state index in [1.165, 1.54) is 0 Å². The van der Waals surface area contributed by atoms with Crippen LogP contribution in [0.5, 0.6) is 5.75 Å². The van der Waals surface area contributed by atoms with Gasteiger partial charge >= 0.3 is 0 Å². The fourth-order valence-electron chi connectivity index (χ4n) is 3.53. The van der Waals surface area contributed by atoms with Gasteiger partial charge in [0.1, 0.15) is 9.57 Å². The Morgan fingerprint density at radius 1 is 1.11 bits per heavy atom. The first-order chi connectivity index (χ1) is 13.4. The van der Waals surface area contributed by atoms with Crippen LogP contribution in [-0.4, -0.2) is 13.0 Å². The third-order valence-electron chi connectivity index (χ3n) is 4.92. The van der Waals surface area contributed by atoms with Crippen LogP contribution in [0.3, 0.4) is 0 Å². The van der Waals surface area contributed by atoms with Crippen molar-refractivity contribution < 1.29 is 9.53 Å². The monoisotopic (exact) mass is 425 g/mol. The van der Waals surface area contributed by atoms with E-state index < -0.39 is 5.54 Å². The number of rotatable bonds is 3. The van der Waals surface area contributed by atoms with Gasteiger partial charge in [-0.25, -0.2) is 0 Å². The lowest BCUT2D eigenvalue weighted by atomic mass is 9.87. The van der Waals surface area contributed by atoms with Gasteiger partial charge in [-0.3, -0.25) is 9.69 Å². The van der Waals surface area contributed by atoms with Crippen molar-refractivity contribution in [2.24, 2.45) is 0 Å². The predicted octanol–water partition coefficient (Wildman–Crippen LogP) is 6.51. The summed E-state index contributed by atoms with van der Waals surface area (Å²) in [6, 6.07) is 15.6. The first-order valence-corrected chi connectivity index (χ1v) is 11.4. The molecule has 0 fully saturated rings. The molecule has 2 aromatic carbocycles. The van der Waals surface area contributed by atoms with Gasteiger partial charge in [0.2, 0.25) is 0 Å². The zero-order valence-electron chi connectivity index (χ0n) is 15.8. The van der Waals surface area contributed by atoms with Crippen LogP contribution in [0.1, 0.15) is 24.3 Å². The minimum atomic E-state index is -0.469. The summed E-state index contributed by atoms with van der Waals surface area (Å²) >= 11 is 5.59. The van der Waals surface area contributed by atoms with Crippen LogP contribution in [0.25, 0.3) is 17.2 Å². The molecule has 4 rings (SSSR count). The molecule has 1 aliphatic rings. The molecule has 1 aliphatic heterocycles. The molecule has 0 aliphatic carbocycles. The Hall–Kier alpha value is -2.28. The summed E-state index contributed by atoms with van der Waals surface area (Å²) < 4.78 is 6.08. The van der Waals surface area contributed by atoms with Gasteiger partial charge in [-0.15, -0.1) is 0 Å². The molecule has 3 nitrogen and oxygen atoms in total. The Labute approximate surface area is 176 Å². The molecule has 3 aromatic rings. The Balaban J connectivity index is 1.75. The highest BCUT2D eigenvalue weighted by Gasteiger charge is 2.42. The Morgan fingerprint density at radius 2 is 1.82 bits per heavy atom. The molecule has 6 heteroatoms. The van der Waals surface area contributed by atoms with E-state index in [9.17, 15) is 4.79 Å². The number of methoxy groups -OCH3 is 1. The number of carbonyl (C=O) groups is 1. The molecule has 0 N–H and O–H groups in total. The molecule has 142 valence electrons. The summed E-state index contributed by atoms with van der Waals surface area (Å²) in [4.78, 5) is 16.3. The van der Waals surface area contributed by atoms with Gasteiger partial charge in [-0.05, 0) is 43.7 Å². The number of ether oxygens (including phenoxy) is 1. The number of nitrogens with zero attached hydrogens (tertiary/aromatic N) is 1. The Bertz CT molecular complexity index is 1120. The van der Waals surface area contributed by atoms with E-state index in [0.717, 1.165) is 36.8 Å². The number of carbonyl (C=O) groups excluding carboxylic acids is 1. The van der Waals surface area contributed by atoms with Crippen molar-refractivity contribution in [2.45, 2.75) is 19.4 Å². The van der Waals surface area contributed by atoms with Crippen LogP contribution in [-0.2, 0) is 10.3 Å². The molecule has 0 spiro atoms. The van der Waals surface area contributed by atoms with Gasteiger partial charge in [0.05, 0.1) is 23.2 Å². The van der Waals surface area contributed by atoms with Crippen LogP contribution in [0.2, 0.25) is 0 Å². The van der Waals surface area contributed by atoms with Crippen LogP contribution < -0.4 is 9.64 Å². The van der Waals surface area contributed by atoms with E-state index in [2.05, 4.69) is 13.8 Å². The second kappa shape index (κ2) is 7.28. The molecular weight excluding hydrogens is 406 g/mol. The average molecular weight is 426 g/mol. The smallest absolute Gasteiger partial charge is 0.251 e. The first-order valence-electron chi connectivity index (χ1n) is 8.83. The van der Waals surface area contributed by atoms with Gasteiger partial charge in [-0.2, -0.15) is 0 Å². The molecule has 1 amide bonds. The van der Waals surface area contributed by atoms with Gasteiger partial charge in [0.25, 0.3) is 5.91 Å². The van der Waals surface area contributed by atoms with Crippen molar-refractivity contribution in [1.29, 1.82) is 0 Å². The molecular formula is C22H19NO2S3. The van der Waals surface area contributed by atoms with Crippen LogP contribution in [0, 0.1) is 3.82 Å². The number of amides is 1. The number of benzene rings is 2. The third-order valence-corrected chi connectivity index (χ3v) is 8.25. The quantitative estimate of drug-likeness (QED) is 0.272. The molecule has 0 bridgehead atoms. The molecule has 0 radical (unpaired) electrons. The second-order valence-corrected chi connectivity index (χ2v) is 9.83. The van der Waals surface area contributed by atoms with Crippen molar-refractivity contribution in [3.63, 3.8) is 0 Å². The number of anilines is 1. The van der Waals surface area contributed by atoms with E-state index in [4.69, 9.17) is 17.0 Å². The maximum Gasteiger partial charge on any atom is 0.251 e.